The van der Waals surface area contributed by atoms with Crippen molar-refractivity contribution < 1.29 is 18.0 Å². The summed E-state index contributed by atoms with van der Waals surface area (Å²) in [5.74, 6) is -0.697. The summed E-state index contributed by atoms with van der Waals surface area (Å²) in [6.07, 6.45) is 6.24. The number of carbonyl (C=O) groups excluding carboxylic acids is 2. The Morgan fingerprint density at radius 3 is 2.40 bits per heavy atom. The third kappa shape index (κ3) is 7.45. The minimum Gasteiger partial charge on any atom is -0.352 e. The lowest BCUT2D eigenvalue weighted by molar-refractivity contribution is -0.139. The molecule has 0 aliphatic heterocycles. The van der Waals surface area contributed by atoms with Crippen LogP contribution in [-0.2, 0) is 26.2 Å². The summed E-state index contributed by atoms with van der Waals surface area (Å²) in [5.41, 5.74) is 2.18. The highest BCUT2D eigenvalue weighted by Gasteiger charge is 2.31. The number of nitrogens with one attached hydrogen (secondary N) is 1. The Hall–Kier alpha value is -2.58. The Labute approximate surface area is 213 Å². The Morgan fingerprint density at radius 1 is 1.09 bits per heavy atom. The fraction of sp³-hybridized carbons (Fsp3) is 0.462. The summed E-state index contributed by atoms with van der Waals surface area (Å²) in [5, 5.41) is 3.46. The van der Waals surface area contributed by atoms with Gasteiger partial charge in [-0.15, -0.1) is 0 Å². The average molecular weight is 520 g/mol. The zero-order valence-electron chi connectivity index (χ0n) is 20.5. The van der Waals surface area contributed by atoms with Crippen LogP contribution in [0, 0.1) is 6.92 Å². The van der Waals surface area contributed by atoms with Crippen LogP contribution in [0.3, 0.4) is 0 Å². The maximum Gasteiger partial charge on any atom is 0.244 e. The van der Waals surface area contributed by atoms with Gasteiger partial charge in [-0.1, -0.05) is 61.2 Å². The number of hydrogen-bond donors (Lipinski definition) is 1. The van der Waals surface area contributed by atoms with E-state index in [-0.39, 0.29) is 18.5 Å². The number of benzene rings is 2. The number of carbonyl (C=O) groups is 2. The molecule has 1 fully saturated rings. The SMILES string of the molecule is Cc1ccccc1CN(C(=O)CN(c1cccc(Cl)c1)S(C)(=O)=O)[C@H](C)C(=O)NC1CCCCC1. The number of nitrogens with zero attached hydrogens (tertiary/aromatic N) is 2. The highest BCUT2D eigenvalue weighted by Crippen LogP contribution is 2.23. The van der Waals surface area contributed by atoms with E-state index in [0.717, 1.165) is 47.4 Å². The summed E-state index contributed by atoms with van der Waals surface area (Å²) in [7, 11) is -3.79. The Bertz CT molecular complexity index is 1150. The van der Waals surface area contributed by atoms with Crippen LogP contribution in [0.1, 0.15) is 50.2 Å². The zero-order chi connectivity index (χ0) is 25.6. The molecule has 0 heterocycles. The predicted molar refractivity (Wildman–Crippen MR) is 140 cm³/mol. The number of halogens is 1. The van der Waals surface area contributed by atoms with E-state index in [9.17, 15) is 18.0 Å². The minimum absolute atomic E-state index is 0.105. The van der Waals surface area contributed by atoms with E-state index in [0.29, 0.717) is 10.7 Å². The predicted octanol–water partition coefficient (Wildman–Crippen LogP) is 4.28. The largest absolute Gasteiger partial charge is 0.352 e. The van der Waals surface area contributed by atoms with Crippen LogP contribution in [0.15, 0.2) is 48.5 Å². The maximum atomic E-state index is 13.6. The molecule has 0 saturated heterocycles. The van der Waals surface area contributed by atoms with Crippen LogP contribution < -0.4 is 9.62 Å². The van der Waals surface area contributed by atoms with Crippen molar-refractivity contribution in [2.45, 2.75) is 64.6 Å². The van der Waals surface area contributed by atoms with Gasteiger partial charge in [-0.05, 0) is 56.0 Å². The lowest BCUT2D eigenvalue weighted by Gasteiger charge is -2.33. The Kier molecular flexibility index (Phi) is 9.19. The molecular formula is C26H34ClN3O4S. The molecule has 1 atom stereocenters. The van der Waals surface area contributed by atoms with Crippen molar-refractivity contribution in [2.24, 2.45) is 0 Å². The second-order valence-corrected chi connectivity index (χ2v) is 11.6. The van der Waals surface area contributed by atoms with E-state index in [1.807, 2.05) is 31.2 Å². The van der Waals surface area contributed by atoms with E-state index in [2.05, 4.69) is 5.32 Å². The first-order chi connectivity index (χ1) is 16.6. The quantitative estimate of drug-likeness (QED) is 0.535. The van der Waals surface area contributed by atoms with E-state index in [4.69, 9.17) is 11.6 Å². The number of aryl methyl sites for hydroxylation is 1. The number of sulfonamides is 1. The van der Waals surface area contributed by atoms with E-state index >= 15 is 0 Å². The first-order valence-corrected chi connectivity index (χ1v) is 14.2. The van der Waals surface area contributed by atoms with Gasteiger partial charge < -0.3 is 10.2 Å². The normalized spacial score (nSPS) is 15.3. The van der Waals surface area contributed by atoms with Gasteiger partial charge in [0.15, 0.2) is 0 Å². The lowest BCUT2D eigenvalue weighted by Crippen LogP contribution is -2.53. The van der Waals surface area contributed by atoms with Crippen LogP contribution in [0.5, 0.6) is 0 Å². The topological polar surface area (TPSA) is 86.8 Å². The van der Waals surface area contributed by atoms with Crippen molar-refractivity contribution in [3.8, 4) is 0 Å². The van der Waals surface area contributed by atoms with E-state index in [1.54, 1.807) is 25.1 Å². The number of rotatable bonds is 9. The van der Waals surface area contributed by atoms with Gasteiger partial charge in [-0.25, -0.2) is 8.42 Å². The summed E-state index contributed by atoms with van der Waals surface area (Å²) in [6, 6.07) is 13.3. The molecule has 0 aromatic heterocycles. The van der Waals surface area contributed by atoms with Crippen LogP contribution in [0.25, 0.3) is 0 Å². The smallest absolute Gasteiger partial charge is 0.244 e. The van der Waals surface area contributed by atoms with Gasteiger partial charge in [0.05, 0.1) is 11.9 Å². The molecule has 1 N–H and O–H groups in total. The van der Waals surface area contributed by atoms with Gasteiger partial charge >= 0.3 is 0 Å². The summed E-state index contributed by atoms with van der Waals surface area (Å²) in [4.78, 5) is 28.3. The standard InChI is InChI=1S/C26H34ClN3O4S/c1-19-10-7-8-11-21(19)17-29(20(2)26(32)28-23-13-5-4-6-14-23)25(31)18-30(35(3,33)34)24-15-9-12-22(27)16-24/h7-12,15-16,20,23H,4-6,13-14,17-18H2,1-3H3,(H,28,32)/t20-/m1/s1. The fourth-order valence-electron chi connectivity index (χ4n) is 4.37. The molecule has 190 valence electrons. The highest BCUT2D eigenvalue weighted by molar-refractivity contribution is 7.92. The minimum atomic E-state index is -3.79. The van der Waals surface area contributed by atoms with Crippen molar-refractivity contribution in [2.75, 3.05) is 17.1 Å². The van der Waals surface area contributed by atoms with Crippen LogP contribution in [-0.4, -0.2) is 50.0 Å². The molecule has 2 aromatic rings. The van der Waals surface area contributed by atoms with Crippen LogP contribution in [0.4, 0.5) is 5.69 Å². The zero-order valence-corrected chi connectivity index (χ0v) is 22.1. The fourth-order valence-corrected chi connectivity index (χ4v) is 5.39. The van der Waals surface area contributed by atoms with Crippen molar-refractivity contribution in [3.05, 3.63) is 64.7 Å². The lowest BCUT2D eigenvalue weighted by atomic mass is 9.95. The van der Waals surface area contributed by atoms with E-state index in [1.165, 1.54) is 17.4 Å². The van der Waals surface area contributed by atoms with Crippen molar-refractivity contribution in [3.63, 3.8) is 0 Å². The van der Waals surface area contributed by atoms with E-state index < -0.39 is 28.5 Å². The molecule has 0 spiro atoms. The number of hydrogen-bond acceptors (Lipinski definition) is 4. The second-order valence-electron chi connectivity index (χ2n) is 9.22. The summed E-state index contributed by atoms with van der Waals surface area (Å²) < 4.78 is 26.3. The summed E-state index contributed by atoms with van der Waals surface area (Å²) >= 11 is 6.08. The van der Waals surface area contributed by atoms with Gasteiger partial charge in [0.25, 0.3) is 0 Å². The summed E-state index contributed by atoms with van der Waals surface area (Å²) in [6.45, 7) is 3.39. The second kappa shape index (κ2) is 11.9. The number of amides is 2. The molecule has 3 rings (SSSR count). The van der Waals surface area contributed by atoms with Crippen molar-refractivity contribution in [1.29, 1.82) is 0 Å². The van der Waals surface area contributed by atoms with Gasteiger partial charge in [-0.2, -0.15) is 0 Å². The Balaban J connectivity index is 1.88. The number of anilines is 1. The molecule has 1 aliphatic carbocycles. The molecule has 2 amide bonds. The molecule has 0 radical (unpaired) electrons. The average Bonchev–Trinajstić information content (AvgIpc) is 2.81. The van der Waals surface area contributed by atoms with Gasteiger partial charge in [0, 0.05) is 17.6 Å². The third-order valence-corrected chi connectivity index (χ3v) is 7.87. The van der Waals surface area contributed by atoms with Crippen molar-refractivity contribution >= 4 is 39.1 Å². The molecule has 0 bridgehead atoms. The maximum absolute atomic E-state index is 13.6. The molecule has 1 saturated carbocycles. The molecular weight excluding hydrogens is 486 g/mol. The third-order valence-electron chi connectivity index (χ3n) is 6.50. The molecule has 1 aliphatic rings. The first-order valence-electron chi connectivity index (χ1n) is 11.9. The molecule has 0 unspecified atom stereocenters. The first kappa shape index (κ1) is 27.0. The monoisotopic (exact) mass is 519 g/mol. The Morgan fingerprint density at radius 2 is 1.77 bits per heavy atom. The molecule has 7 nitrogen and oxygen atoms in total. The molecule has 9 heteroatoms. The van der Waals surface area contributed by atoms with Gasteiger partial charge in [0.2, 0.25) is 21.8 Å². The van der Waals surface area contributed by atoms with Crippen LogP contribution >= 0.6 is 11.6 Å². The van der Waals surface area contributed by atoms with Crippen molar-refractivity contribution in [1.82, 2.24) is 10.2 Å². The van der Waals surface area contributed by atoms with Crippen LogP contribution in [0.2, 0.25) is 5.02 Å². The van der Waals surface area contributed by atoms with Gasteiger partial charge in [0.1, 0.15) is 12.6 Å². The highest BCUT2D eigenvalue weighted by atomic mass is 35.5. The molecule has 35 heavy (non-hydrogen) atoms. The molecule has 2 aromatic carbocycles. The van der Waals surface area contributed by atoms with Gasteiger partial charge in [-0.3, -0.25) is 13.9 Å².